The van der Waals surface area contributed by atoms with E-state index in [1.54, 1.807) is 6.07 Å². The predicted molar refractivity (Wildman–Crippen MR) is 73.4 cm³/mol. The molecule has 0 aliphatic rings. The third-order valence-corrected chi connectivity index (χ3v) is 2.67. The molecule has 1 aromatic rings. The van der Waals surface area contributed by atoms with Gasteiger partial charge in [-0.05, 0) is 38.1 Å². The number of anilines is 2. The number of aryl methyl sites for hydroxylation is 1. The zero-order valence-electron chi connectivity index (χ0n) is 10.9. The molecule has 4 N–H and O–H groups in total. The van der Waals surface area contributed by atoms with Crippen LogP contribution in [0, 0.1) is 6.92 Å². The van der Waals surface area contributed by atoms with Gasteiger partial charge in [0.05, 0.1) is 6.54 Å². The zero-order valence-corrected chi connectivity index (χ0v) is 10.9. The van der Waals surface area contributed by atoms with Gasteiger partial charge in [-0.2, -0.15) is 0 Å². The molecule has 0 heterocycles. The van der Waals surface area contributed by atoms with Crippen molar-refractivity contribution in [3.63, 3.8) is 0 Å². The standard InChI is InChI=1S/C13H21N3O2/c1-10-4-5-11(8-12(10)14)15-13(18)9-16(2)6-3-7-17/h4-5,8,17H,3,6-7,9,14H2,1-2H3,(H,15,18). The number of nitrogens with two attached hydrogens (primary N) is 1. The average Bonchev–Trinajstić information content (AvgIpc) is 2.31. The van der Waals surface area contributed by atoms with E-state index in [4.69, 9.17) is 10.8 Å². The van der Waals surface area contributed by atoms with Crippen LogP contribution in [0.4, 0.5) is 11.4 Å². The maximum Gasteiger partial charge on any atom is 0.238 e. The Morgan fingerprint density at radius 2 is 2.22 bits per heavy atom. The summed E-state index contributed by atoms with van der Waals surface area (Å²) < 4.78 is 0. The van der Waals surface area contributed by atoms with Crippen molar-refractivity contribution in [2.75, 3.05) is 37.8 Å². The fourth-order valence-electron chi connectivity index (χ4n) is 1.58. The summed E-state index contributed by atoms with van der Waals surface area (Å²) in [7, 11) is 1.85. The second-order valence-corrected chi connectivity index (χ2v) is 4.43. The van der Waals surface area contributed by atoms with Gasteiger partial charge in [-0.15, -0.1) is 0 Å². The van der Waals surface area contributed by atoms with Gasteiger partial charge in [0.1, 0.15) is 0 Å². The summed E-state index contributed by atoms with van der Waals surface area (Å²) in [6, 6.07) is 5.46. The molecule has 18 heavy (non-hydrogen) atoms. The molecule has 5 nitrogen and oxygen atoms in total. The predicted octanol–water partition coefficient (Wildman–Crippen LogP) is 0.830. The van der Waals surface area contributed by atoms with Gasteiger partial charge in [0.2, 0.25) is 5.91 Å². The van der Waals surface area contributed by atoms with E-state index >= 15 is 0 Å². The molecule has 0 aliphatic heterocycles. The van der Waals surface area contributed by atoms with Gasteiger partial charge >= 0.3 is 0 Å². The number of benzene rings is 1. The van der Waals surface area contributed by atoms with Crippen molar-refractivity contribution >= 4 is 17.3 Å². The van der Waals surface area contributed by atoms with Crippen molar-refractivity contribution in [3.8, 4) is 0 Å². The lowest BCUT2D eigenvalue weighted by atomic mass is 10.2. The van der Waals surface area contributed by atoms with Crippen LogP contribution in [-0.4, -0.2) is 42.7 Å². The van der Waals surface area contributed by atoms with Gasteiger partial charge in [-0.1, -0.05) is 6.07 Å². The number of likely N-dealkylation sites (N-methyl/N-ethyl adjacent to an activating group) is 1. The molecule has 0 saturated carbocycles. The van der Waals surface area contributed by atoms with Gasteiger partial charge < -0.3 is 16.2 Å². The lowest BCUT2D eigenvalue weighted by Gasteiger charge is -2.15. The molecule has 0 fully saturated rings. The van der Waals surface area contributed by atoms with Crippen LogP contribution < -0.4 is 11.1 Å². The molecule has 1 amide bonds. The lowest BCUT2D eigenvalue weighted by Crippen LogP contribution is -2.31. The van der Waals surface area contributed by atoms with Crippen LogP contribution in [0.5, 0.6) is 0 Å². The highest BCUT2D eigenvalue weighted by molar-refractivity contribution is 5.92. The van der Waals surface area contributed by atoms with Crippen LogP contribution in [0.2, 0.25) is 0 Å². The monoisotopic (exact) mass is 251 g/mol. The molecule has 0 radical (unpaired) electrons. The van der Waals surface area contributed by atoms with Crippen LogP contribution in [0.3, 0.4) is 0 Å². The topological polar surface area (TPSA) is 78.6 Å². The molecular weight excluding hydrogens is 230 g/mol. The Morgan fingerprint density at radius 3 is 2.83 bits per heavy atom. The number of carbonyl (C=O) groups excluding carboxylic acids is 1. The Balaban J connectivity index is 2.46. The average molecular weight is 251 g/mol. The second-order valence-electron chi connectivity index (χ2n) is 4.43. The minimum absolute atomic E-state index is 0.0845. The summed E-state index contributed by atoms with van der Waals surface area (Å²) in [5, 5.41) is 11.5. The Morgan fingerprint density at radius 1 is 1.50 bits per heavy atom. The highest BCUT2D eigenvalue weighted by Gasteiger charge is 2.07. The van der Waals surface area contributed by atoms with E-state index in [2.05, 4.69) is 5.32 Å². The summed E-state index contributed by atoms with van der Waals surface area (Å²) in [5.74, 6) is -0.0845. The van der Waals surface area contributed by atoms with Crippen molar-refractivity contribution in [2.45, 2.75) is 13.3 Å². The van der Waals surface area contributed by atoms with Crippen molar-refractivity contribution in [1.29, 1.82) is 0 Å². The molecule has 5 heteroatoms. The summed E-state index contributed by atoms with van der Waals surface area (Å²) in [4.78, 5) is 13.6. The first-order valence-electron chi connectivity index (χ1n) is 5.98. The smallest absolute Gasteiger partial charge is 0.238 e. The second kappa shape index (κ2) is 6.98. The number of carbonyl (C=O) groups is 1. The number of hydrogen-bond donors (Lipinski definition) is 3. The molecule has 0 spiro atoms. The molecule has 0 aliphatic carbocycles. The molecule has 1 rings (SSSR count). The molecule has 0 bridgehead atoms. The number of nitrogens with one attached hydrogen (secondary N) is 1. The zero-order chi connectivity index (χ0) is 13.5. The van der Waals surface area contributed by atoms with Gasteiger partial charge in [-0.3, -0.25) is 9.69 Å². The SMILES string of the molecule is Cc1ccc(NC(=O)CN(C)CCCO)cc1N. The molecule has 1 aromatic carbocycles. The van der Waals surface area contributed by atoms with Crippen molar-refractivity contribution in [3.05, 3.63) is 23.8 Å². The molecule has 0 saturated heterocycles. The van der Waals surface area contributed by atoms with E-state index in [0.717, 1.165) is 5.56 Å². The van der Waals surface area contributed by atoms with Crippen LogP contribution in [0.1, 0.15) is 12.0 Å². The number of nitrogen functional groups attached to an aromatic ring is 1. The maximum atomic E-state index is 11.7. The molecule has 0 aromatic heterocycles. The number of aliphatic hydroxyl groups is 1. The molecule has 0 atom stereocenters. The maximum absolute atomic E-state index is 11.7. The summed E-state index contributed by atoms with van der Waals surface area (Å²) in [5.41, 5.74) is 8.14. The van der Waals surface area contributed by atoms with E-state index in [-0.39, 0.29) is 12.5 Å². The number of nitrogens with zero attached hydrogens (tertiary/aromatic N) is 1. The number of aliphatic hydroxyl groups excluding tert-OH is 1. The first kappa shape index (κ1) is 14.5. The number of rotatable bonds is 6. The van der Waals surface area contributed by atoms with Crippen molar-refractivity contribution in [1.82, 2.24) is 4.90 Å². The minimum atomic E-state index is -0.0845. The van der Waals surface area contributed by atoms with E-state index < -0.39 is 0 Å². The van der Waals surface area contributed by atoms with E-state index in [9.17, 15) is 4.79 Å². The van der Waals surface area contributed by atoms with Crippen LogP contribution in [0.15, 0.2) is 18.2 Å². The number of amides is 1. The normalized spacial score (nSPS) is 10.7. The number of hydrogen-bond acceptors (Lipinski definition) is 4. The van der Waals surface area contributed by atoms with Crippen molar-refractivity contribution in [2.24, 2.45) is 0 Å². The minimum Gasteiger partial charge on any atom is -0.398 e. The third kappa shape index (κ3) is 4.73. The van der Waals surface area contributed by atoms with E-state index in [1.807, 2.05) is 31.0 Å². The molecule has 100 valence electrons. The van der Waals surface area contributed by atoms with E-state index in [0.29, 0.717) is 30.9 Å². The summed E-state index contributed by atoms with van der Waals surface area (Å²) >= 11 is 0. The van der Waals surface area contributed by atoms with Crippen LogP contribution >= 0.6 is 0 Å². The van der Waals surface area contributed by atoms with Crippen molar-refractivity contribution < 1.29 is 9.90 Å². The van der Waals surface area contributed by atoms with Crippen LogP contribution in [-0.2, 0) is 4.79 Å². The largest absolute Gasteiger partial charge is 0.398 e. The van der Waals surface area contributed by atoms with Crippen LogP contribution in [0.25, 0.3) is 0 Å². The van der Waals surface area contributed by atoms with Gasteiger partial charge in [0.15, 0.2) is 0 Å². The van der Waals surface area contributed by atoms with E-state index in [1.165, 1.54) is 0 Å². The Bertz CT molecular complexity index is 407. The van der Waals surface area contributed by atoms with Gasteiger partial charge in [0.25, 0.3) is 0 Å². The Kier molecular flexibility index (Phi) is 5.61. The fourth-order valence-corrected chi connectivity index (χ4v) is 1.58. The van der Waals surface area contributed by atoms with Gasteiger partial charge in [0, 0.05) is 24.5 Å². The fraction of sp³-hybridized carbons (Fsp3) is 0.462. The Labute approximate surface area is 108 Å². The first-order chi connectivity index (χ1) is 8.52. The molecular formula is C13H21N3O2. The quantitative estimate of drug-likeness (QED) is 0.654. The highest BCUT2D eigenvalue weighted by atomic mass is 16.3. The summed E-state index contributed by atoms with van der Waals surface area (Å²) in [6.45, 7) is 3.05. The third-order valence-electron chi connectivity index (χ3n) is 2.67. The lowest BCUT2D eigenvalue weighted by molar-refractivity contribution is -0.117. The summed E-state index contributed by atoms with van der Waals surface area (Å²) in [6.07, 6.45) is 0.668. The Hall–Kier alpha value is -1.59. The highest BCUT2D eigenvalue weighted by Crippen LogP contribution is 2.16. The first-order valence-corrected chi connectivity index (χ1v) is 5.98. The molecule has 0 unspecified atom stereocenters. The van der Waals surface area contributed by atoms with Gasteiger partial charge in [-0.25, -0.2) is 0 Å².